The zero-order valence-corrected chi connectivity index (χ0v) is 4.23. The average molecular weight is 83.1 g/mol. The third-order valence-electron chi connectivity index (χ3n) is 0.833. The maximum absolute atomic E-state index is 8.08. The van der Waals surface area contributed by atoms with E-state index in [0.29, 0.717) is 0 Å². The van der Waals surface area contributed by atoms with Crippen molar-refractivity contribution in [3.05, 3.63) is 0 Å². The number of rotatable bonds is 1. The molecule has 0 amide bonds. The third kappa shape index (κ3) is 1.78. The van der Waals surface area contributed by atoms with Crippen LogP contribution in [0, 0.1) is 17.2 Å². The Bertz CT molecular complexity index is 60.8. The number of hydrogen-bond donors (Lipinski definition) is 0. The highest BCUT2D eigenvalue weighted by Crippen LogP contribution is 1.94. The number of nitriles is 1. The molecule has 0 fully saturated rings. The number of hydrogen-bond acceptors (Lipinski definition) is 1. The highest BCUT2D eigenvalue weighted by Gasteiger charge is 1.88. The molecule has 0 aromatic rings. The molecule has 0 rings (SSSR count). The van der Waals surface area contributed by atoms with Crippen molar-refractivity contribution in [3.63, 3.8) is 0 Å². The summed E-state index contributed by atoms with van der Waals surface area (Å²) in [5.41, 5.74) is 0. The van der Waals surface area contributed by atoms with E-state index in [2.05, 4.69) is 6.07 Å². The summed E-state index contributed by atoms with van der Waals surface area (Å²) in [5, 5.41) is 8.08. The predicted octanol–water partition coefficient (Wildman–Crippen LogP) is 1.56. The van der Waals surface area contributed by atoms with E-state index < -0.39 is 0 Å². The summed E-state index contributed by atoms with van der Waals surface area (Å²) in [5.74, 6) is 0.241. The normalized spacial score (nSPS) is 12.8. The molecule has 1 heteroatoms. The van der Waals surface area contributed by atoms with Gasteiger partial charge >= 0.3 is 0 Å². The molecule has 0 spiro atoms. The highest BCUT2D eigenvalue weighted by atomic mass is 14.2. The first-order valence-corrected chi connectivity index (χ1v) is 2.20. The van der Waals surface area contributed by atoms with Crippen molar-refractivity contribution in [3.8, 4) is 6.07 Å². The number of nitrogens with zero attached hydrogens (tertiary/aromatic N) is 1. The topological polar surface area (TPSA) is 23.8 Å². The van der Waals surface area contributed by atoms with Gasteiger partial charge in [-0.15, -0.1) is 0 Å². The summed E-state index contributed by atoms with van der Waals surface area (Å²) < 4.78 is 0. The second-order valence-corrected chi connectivity index (χ2v) is 1.44. The summed E-state index contributed by atoms with van der Waals surface area (Å²) in [6.07, 6.45) is 0.969. The van der Waals surface area contributed by atoms with Gasteiger partial charge < -0.3 is 0 Å². The molecule has 0 aliphatic rings. The molecule has 0 saturated carbocycles. The standard InChI is InChI=1S/C5H9N/c1-3-5(2)4-6/h5H,3H2,1-2H3/t5-/m0/s1. The minimum atomic E-state index is 0.241. The first-order chi connectivity index (χ1) is 2.81. The molecule has 0 aromatic carbocycles. The van der Waals surface area contributed by atoms with Crippen molar-refractivity contribution in [1.29, 1.82) is 5.26 Å². The molecule has 6 heavy (non-hydrogen) atoms. The quantitative estimate of drug-likeness (QED) is 0.472. The lowest BCUT2D eigenvalue weighted by atomic mass is 10.2. The van der Waals surface area contributed by atoms with E-state index in [-0.39, 0.29) is 5.92 Å². The molecule has 0 aliphatic carbocycles. The largest absolute Gasteiger partial charge is 0.198 e. The summed E-state index contributed by atoms with van der Waals surface area (Å²) in [6.45, 7) is 3.92. The lowest BCUT2D eigenvalue weighted by Crippen LogP contribution is -1.81. The molecule has 0 unspecified atom stereocenters. The van der Waals surface area contributed by atoms with Crippen LogP contribution < -0.4 is 0 Å². The van der Waals surface area contributed by atoms with Crippen molar-refractivity contribution in [2.45, 2.75) is 20.3 Å². The fourth-order valence-corrected chi connectivity index (χ4v) is 0.0913. The first kappa shape index (κ1) is 5.49. The van der Waals surface area contributed by atoms with Crippen LogP contribution in [0.2, 0.25) is 0 Å². The van der Waals surface area contributed by atoms with Crippen molar-refractivity contribution >= 4 is 0 Å². The molecular weight excluding hydrogens is 74.1 g/mol. The maximum Gasteiger partial charge on any atom is 0.0652 e. The first-order valence-electron chi connectivity index (χ1n) is 2.20. The molecule has 0 saturated heterocycles. The van der Waals surface area contributed by atoms with E-state index in [1.165, 1.54) is 0 Å². The Morgan fingerprint density at radius 3 is 2.33 bits per heavy atom. The summed E-state index contributed by atoms with van der Waals surface area (Å²) in [6, 6.07) is 2.11. The Kier molecular flexibility index (Phi) is 2.48. The summed E-state index contributed by atoms with van der Waals surface area (Å²) in [7, 11) is 0. The van der Waals surface area contributed by atoms with Crippen molar-refractivity contribution in [1.82, 2.24) is 0 Å². The lowest BCUT2D eigenvalue weighted by molar-refractivity contribution is 0.713. The predicted molar refractivity (Wildman–Crippen MR) is 25.1 cm³/mol. The molecular formula is C5H9N. The average Bonchev–Trinajstić information content (AvgIpc) is 1.65. The van der Waals surface area contributed by atoms with Gasteiger partial charge in [0.1, 0.15) is 0 Å². The van der Waals surface area contributed by atoms with Gasteiger partial charge in [-0.2, -0.15) is 5.26 Å². The van der Waals surface area contributed by atoms with Gasteiger partial charge in [-0.05, 0) is 13.3 Å². The van der Waals surface area contributed by atoms with Crippen LogP contribution in [0.4, 0.5) is 0 Å². The monoisotopic (exact) mass is 83.1 g/mol. The minimum absolute atomic E-state index is 0.241. The minimum Gasteiger partial charge on any atom is -0.198 e. The van der Waals surface area contributed by atoms with E-state index in [0.717, 1.165) is 6.42 Å². The Morgan fingerprint density at radius 2 is 2.33 bits per heavy atom. The third-order valence-corrected chi connectivity index (χ3v) is 0.833. The maximum atomic E-state index is 8.08. The van der Waals surface area contributed by atoms with Crippen molar-refractivity contribution < 1.29 is 0 Å². The zero-order chi connectivity index (χ0) is 4.99. The molecule has 0 N–H and O–H groups in total. The second kappa shape index (κ2) is 2.71. The molecule has 0 aliphatic heterocycles. The molecule has 1 atom stereocenters. The Balaban J connectivity index is 3.04. The van der Waals surface area contributed by atoms with Crippen LogP contribution in [0.25, 0.3) is 0 Å². The Labute approximate surface area is 38.6 Å². The second-order valence-electron chi connectivity index (χ2n) is 1.44. The lowest BCUT2D eigenvalue weighted by Gasteiger charge is -1.87. The van der Waals surface area contributed by atoms with Crippen LogP contribution >= 0.6 is 0 Å². The smallest absolute Gasteiger partial charge is 0.0652 e. The van der Waals surface area contributed by atoms with Gasteiger partial charge in [0.05, 0.1) is 6.07 Å². The van der Waals surface area contributed by atoms with E-state index in [1.807, 2.05) is 13.8 Å². The highest BCUT2D eigenvalue weighted by molar-refractivity contribution is 4.76. The van der Waals surface area contributed by atoms with E-state index >= 15 is 0 Å². The van der Waals surface area contributed by atoms with E-state index in [1.54, 1.807) is 0 Å². The van der Waals surface area contributed by atoms with E-state index in [4.69, 9.17) is 5.26 Å². The Morgan fingerprint density at radius 1 is 1.83 bits per heavy atom. The van der Waals surface area contributed by atoms with Gasteiger partial charge in [-0.25, -0.2) is 0 Å². The Hall–Kier alpha value is -0.510. The van der Waals surface area contributed by atoms with Gasteiger partial charge in [0.15, 0.2) is 0 Å². The van der Waals surface area contributed by atoms with Crippen LogP contribution in [0.5, 0.6) is 0 Å². The van der Waals surface area contributed by atoms with Gasteiger partial charge in [-0.1, -0.05) is 6.92 Å². The van der Waals surface area contributed by atoms with Gasteiger partial charge in [0, 0.05) is 5.92 Å². The van der Waals surface area contributed by atoms with Gasteiger partial charge in [-0.3, -0.25) is 0 Å². The summed E-state index contributed by atoms with van der Waals surface area (Å²) >= 11 is 0. The van der Waals surface area contributed by atoms with Crippen LogP contribution in [-0.4, -0.2) is 0 Å². The molecule has 0 heterocycles. The molecule has 0 radical (unpaired) electrons. The van der Waals surface area contributed by atoms with E-state index in [9.17, 15) is 0 Å². The molecule has 34 valence electrons. The molecule has 0 aromatic heterocycles. The van der Waals surface area contributed by atoms with Gasteiger partial charge in [0.2, 0.25) is 0 Å². The van der Waals surface area contributed by atoms with Crippen LogP contribution in [0.15, 0.2) is 0 Å². The fourth-order valence-electron chi connectivity index (χ4n) is 0.0913. The van der Waals surface area contributed by atoms with Crippen molar-refractivity contribution in [2.24, 2.45) is 5.92 Å². The van der Waals surface area contributed by atoms with Gasteiger partial charge in [0.25, 0.3) is 0 Å². The molecule has 0 bridgehead atoms. The van der Waals surface area contributed by atoms with Crippen LogP contribution in [-0.2, 0) is 0 Å². The molecule has 1 nitrogen and oxygen atoms in total. The fraction of sp³-hybridized carbons (Fsp3) is 0.800. The summed E-state index contributed by atoms with van der Waals surface area (Å²) in [4.78, 5) is 0. The zero-order valence-electron chi connectivity index (χ0n) is 4.23. The van der Waals surface area contributed by atoms with Crippen LogP contribution in [0.3, 0.4) is 0 Å². The van der Waals surface area contributed by atoms with Crippen molar-refractivity contribution in [2.75, 3.05) is 0 Å². The SMILES string of the molecule is CC[C@H](C)C#N. The van der Waals surface area contributed by atoms with Crippen LogP contribution in [0.1, 0.15) is 20.3 Å².